The van der Waals surface area contributed by atoms with Crippen LogP contribution in [0.5, 0.6) is 0 Å². The number of carbonyl (C=O) groups excluding carboxylic acids is 1. The number of carbonyl (C=O) groups is 1. The van der Waals surface area contributed by atoms with Crippen LogP contribution in [0.1, 0.15) is 21.5 Å². The highest BCUT2D eigenvalue weighted by Crippen LogP contribution is 2.17. The summed E-state index contributed by atoms with van der Waals surface area (Å²) in [5.41, 5.74) is 3.99. The summed E-state index contributed by atoms with van der Waals surface area (Å²) in [5.74, 6) is 0.00213. The van der Waals surface area contributed by atoms with Gasteiger partial charge in [0.15, 0.2) is 5.78 Å². The van der Waals surface area contributed by atoms with Crippen molar-refractivity contribution < 1.29 is 10.0 Å². The maximum atomic E-state index is 12.3. The lowest BCUT2D eigenvalue weighted by atomic mass is 10.1. The first-order valence-electron chi connectivity index (χ1n) is 8.20. The highest BCUT2D eigenvalue weighted by atomic mass is 16.5. The van der Waals surface area contributed by atoms with Gasteiger partial charge in [0, 0.05) is 37.4 Å². The molecular formula is C20H22N2O2. The molecule has 0 aliphatic carbocycles. The molecule has 2 aromatic rings. The topological polar surface area (TPSA) is 43.8 Å². The molecule has 0 radical (unpaired) electrons. The summed E-state index contributed by atoms with van der Waals surface area (Å²) in [7, 11) is 0. The van der Waals surface area contributed by atoms with Crippen LogP contribution in [0.2, 0.25) is 0 Å². The number of benzene rings is 2. The number of allylic oxidation sites excluding steroid dienone is 1. The van der Waals surface area contributed by atoms with Crippen LogP contribution in [0.3, 0.4) is 0 Å². The number of hydroxylamine groups is 2. The SMILES string of the molecule is Cc1ccc(/C=C/C(=O)c2ccc(N3CCN(O)CC3)cc2)cc1. The van der Waals surface area contributed by atoms with Gasteiger partial charge in [-0.2, -0.15) is 5.06 Å². The van der Waals surface area contributed by atoms with Crippen molar-refractivity contribution in [3.63, 3.8) is 0 Å². The van der Waals surface area contributed by atoms with E-state index in [0.29, 0.717) is 18.7 Å². The molecule has 0 amide bonds. The molecule has 1 aliphatic rings. The normalized spacial score (nSPS) is 15.8. The third-order valence-electron chi connectivity index (χ3n) is 4.28. The number of hydrogen-bond donors (Lipinski definition) is 1. The van der Waals surface area contributed by atoms with Gasteiger partial charge in [0.25, 0.3) is 0 Å². The molecule has 0 spiro atoms. The Morgan fingerprint density at radius 2 is 1.58 bits per heavy atom. The van der Waals surface area contributed by atoms with E-state index in [1.54, 1.807) is 6.08 Å². The van der Waals surface area contributed by atoms with E-state index in [4.69, 9.17) is 0 Å². The number of rotatable bonds is 4. The van der Waals surface area contributed by atoms with Crippen molar-refractivity contribution in [3.05, 3.63) is 71.3 Å². The lowest BCUT2D eigenvalue weighted by molar-refractivity contribution is -0.0935. The Labute approximate surface area is 142 Å². The summed E-state index contributed by atoms with van der Waals surface area (Å²) in [6, 6.07) is 15.7. The molecule has 0 atom stereocenters. The van der Waals surface area contributed by atoms with Crippen molar-refractivity contribution in [2.24, 2.45) is 0 Å². The molecular weight excluding hydrogens is 300 g/mol. The second-order valence-electron chi connectivity index (χ2n) is 6.10. The first-order valence-corrected chi connectivity index (χ1v) is 8.20. The Morgan fingerprint density at radius 1 is 0.958 bits per heavy atom. The highest BCUT2D eigenvalue weighted by molar-refractivity contribution is 6.06. The average Bonchev–Trinajstić information content (AvgIpc) is 2.62. The smallest absolute Gasteiger partial charge is 0.185 e. The number of piperazine rings is 1. The van der Waals surface area contributed by atoms with E-state index in [9.17, 15) is 10.0 Å². The molecule has 4 heteroatoms. The molecule has 1 fully saturated rings. The lowest BCUT2D eigenvalue weighted by Crippen LogP contribution is -2.44. The molecule has 2 aromatic carbocycles. The number of anilines is 1. The van der Waals surface area contributed by atoms with Gasteiger partial charge in [-0.25, -0.2) is 0 Å². The van der Waals surface area contributed by atoms with Crippen molar-refractivity contribution in [2.45, 2.75) is 6.92 Å². The molecule has 0 aromatic heterocycles. The fourth-order valence-electron chi connectivity index (χ4n) is 2.74. The van der Waals surface area contributed by atoms with Crippen LogP contribution in [0.4, 0.5) is 5.69 Å². The standard InChI is InChI=1S/C20H22N2O2/c1-16-2-4-17(5-3-16)6-11-20(23)18-7-9-19(10-8-18)21-12-14-22(24)15-13-21/h2-11,24H,12-15H2,1H3/b11-6+. The predicted octanol–water partition coefficient (Wildman–Crippen LogP) is 3.40. The monoisotopic (exact) mass is 322 g/mol. The second-order valence-corrected chi connectivity index (χ2v) is 6.10. The van der Waals surface area contributed by atoms with Crippen LogP contribution >= 0.6 is 0 Å². The molecule has 0 saturated carbocycles. The molecule has 1 heterocycles. The fourth-order valence-corrected chi connectivity index (χ4v) is 2.74. The maximum absolute atomic E-state index is 12.3. The van der Waals surface area contributed by atoms with Crippen LogP contribution in [-0.2, 0) is 0 Å². The number of aryl methyl sites for hydroxylation is 1. The fraction of sp³-hybridized carbons (Fsp3) is 0.250. The van der Waals surface area contributed by atoms with Crippen molar-refractivity contribution in [1.82, 2.24) is 5.06 Å². The molecule has 124 valence electrons. The predicted molar refractivity (Wildman–Crippen MR) is 96.6 cm³/mol. The number of ketones is 1. The third kappa shape index (κ3) is 4.10. The van der Waals surface area contributed by atoms with E-state index in [-0.39, 0.29) is 5.78 Å². The van der Waals surface area contributed by atoms with E-state index in [2.05, 4.69) is 4.90 Å². The molecule has 0 bridgehead atoms. The number of hydrogen-bond acceptors (Lipinski definition) is 4. The van der Waals surface area contributed by atoms with Crippen molar-refractivity contribution in [3.8, 4) is 0 Å². The zero-order valence-electron chi connectivity index (χ0n) is 13.9. The Balaban J connectivity index is 1.64. The van der Waals surface area contributed by atoms with Gasteiger partial charge in [-0.05, 0) is 42.8 Å². The molecule has 24 heavy (non-hydrogen) atoms. The van der Waals surface area contributed by atoms with Gasteiger partial charge < -0.3 is 10.1 Å². The summed E-state index contributed by atoms with van der Waals surface area (Å²) in [6.45, 7) is 4.90. The van der Waals surface area contributed by atoms with E-state index in [1.807, 2.05) is 61.5 Å². The second kappa shape index (κ2) is 7.43. The summed E-state index contributed by atoms with van der Waals surface area (Å²) < 4.78 is 0. The summed E-state index contributed by atoms with van der Waals surface area (Å²) in [4.78, 5) is 14.5. The quantitative estimate of drug-likeness (QED) is 0.692. The Morgan fingerprint density at radius 3 is 2.21 bits per heavy atom. The molecule has 4 nitrogen and oxygen atoms in total. The van der Waals surface area contributed by atoms with Crippen LogP contribution in [0.25, 0.3) is 6.08 Å². The minimum absolute atomic E-state index is 0.00213. The van der Waals surface area contributed by atoms with Gasteiger partial charge in [-0.3, -0.25) is 4.79 Å². The van der Waals surface area contributed by atoms with Crippen LogP contribution in [0.15, 0.2) is 54.6 Å². The van der Waals surface area contributed by atoms with Crippen molar-refractivity contribution >= 4 is 17.5 Å². The first-order chi connectivity index (χ1) is 11.6. The summed E-state index contributed by atoms with van der Waals surface area (Å²) in [6.07, 6.45) is 3.46. The minimum Gasteiger partial charge on any atom is -0.369 e. The molecule has 3 rings (SSSR count). The Bertz CT molecular complexity index is 712. The van der Waals surface area contributed by atoms with Gasteiger partial charge in [-0.15, -0.1) is 0 Å². The van der Waals surface area contributed by atoms with Gasteiger partial charge >= 0.3 is 0 Å². The summed E-state index contributed by atoms with van der Waals surface area (Å²) in [5, 5.41) is 10.8. The van der Waals surface area contributed by atoms with E-state index < -0.39 is 0 Å². The number of nitrogens with zero attached hydrogens (tertiary/aromatic N) is 2. The van der Waals surface area contributed by atoms with Gasteiger partial charge in [0.1, 0.15) is 0 Å². The Hall–Kier alpha value is -2.43. The zero-order chi connectivity index (χ0) is 16.9. The molecule has 1 N–H and O–H groups in total. The van der Waals surface area contributed by atoms with Crippen molar-refractivity contribution in [2.75, 3.05) is 31.1 Å². The minimum atomic E-state index is 0.00213. The maximum Gasteiger partial charge on any atom is 0.185 e. The Kier molecular flexibility index (Phi) is 5.08. The van der Waals surface area contributed by atoms with Gasteiger partial charge in [-0.1, -0.05) is 35.9 Å². The largest absolute Gasteiger partial charge is 0.369 e. The van der Waals surface area contributed by atoms with Crippen LogP contribution < -0.4 is 4.90 Å². The zero-order valence-corrected chi connectivity index (χ0v) is 13.9. The first kappa shape index (κ1) is 16.4. The van der Waals surface area contributed by atoms with E-state index in [1.165, 1.54) is 10.6 Å². The van der Waals surface area contributed by atoms with Gasteiger partial charge in [0.2, 0.25) is 0 Å². The molecule has 1 saturated heterocycles. The molecule has 1 aliphatic heterocycles. The van der Waals surface area contributed by atoms with Crippen LogP contribution in [0, 0.1) is 6.92 Å². The summed E-state index contributed by atoms with van der Waals surface area (Å²) >= 11 is 0. The van der Waals surface area contributed by atoms with Crippen molar-refractivity contribution in [1.29, 1.82) is 0 Å². The molecule has 0 unspecified atom stereocenters. The van der Waals surface area contributed by atoms with Gasteiger partial charge in [0.05, 0.1) is 0 Å². The van der Waals surface area contributed by atoms with E-state index >= 15 is 0 Å². The lowest BCUT2D eigenvalue weighted by Gasteiger charge is -2.32. The van der Waals surface area contributed by atoms with Crippen LogP contribution in [-0.4, -0.2) is 42.2 Å². The third-order valence-corrected chi connectivity index (χ3v) is 4.28. The average molecular weight is 322 g/mol. The van der Waals surface area contributed by atoms with E-state index in [0.717, 1.165) is 24.3 Å². The highest BCUT2D eigenvalue weighted by Gasteiger charge is 2.15.